The molecule has 0 atom stereocenters. The number of rotatable bonds is 5. The van der Waals surface area contributed by atoms with Gasteiger partial charge in [0.2, 0.25) is 12.3 Å². The molecule has 0 spiro atoms. The summed E-state index contributed by atoms with van der Waals surface area (Å²) in [6.45, 7) is 1.09. The molecule has 2 aromatic rings. The number of anilines is 1. The van der Waals surface area contributed by atoms with Crippen LogP contribution in [0.1, 0.15) is 31.2 Å². The molecule has 1 N–H and O–H groups in total. The number of carbonyl (C=O) groups is 2. The monoisotopic (exact) mass is 349 g/mol. The van der Waals surface area contributed by atoms with Gasteiger partial charge in [-0.2, -0.15) is 5.26 Å². The molecule has 2 aromatic heterocycles. The lowest BCUT2D eigenvalue weighted by Gasteiger charge is -2.27. The van der Waals surface area contributed by atoms with Crippen LogP contribution >= 0.6 is 0 Å². The Morgan fingerprint density at radius 2 is 2.35 bits per heavy atom. The molecular formula is C19H19N5O2. The Balaban J connectivity index is 1.72. The molecule has 26 heavy (non-hydrogen) atoms. The van der Waals surface area contributed by atoms with Gasteiger partial charge in [0.15, 0.2) is 0 Å². The molecule has 3 heterocycles. The molecule has 7 heteroatoms. The first-order valence-corrected chi connectivity index (χ1v) is 8.77. The molecule has 0 unspecified atom stereocenters. The molecule has 132 valence electrons. The number of fused-ring (bicyclic) bond motifs is 1. The predicted molar refractivity (Wildman–Crippen MR) is 97.1 cm³/mol. The first kappa shape index (κ1) is 16.3. The summed E-state index contributed by atoms with van der Waals surface area (Å²) in [6, 6.07) is 6.05. The number of nitriles is 1. The summed E-state index contributed by atoms with van der Waals surface area (Å²) in [6.07, 6.45) is 7.44. The van der Waals surface area contributed by atoms with Gasteiger partial charge in [0.1, 0.15) is 17.9 Å². The van der Waals surface area contributed by atoms with Crippen LogP contribution in [0.15, 0.2) is 24.4 Å². The molecule has 4 rings (SSSR count). The van der Waals surface area contributed by atoms with E-state index in [0.29, 0.717) is 18.9 Å². The second-order valence-corrected chi connectivity index (χ2v) is 6.68. The molecule has 1 fully saturated rings. The van der Waals surface area contributed by atoms with E-state index in [0.717, 1.165) is 47.8 Å². The highest BCUT2D eigenvalue weighted by molar-refractivity contribution is 5.94. The molecule has 2 amide bonds. The van der Waals surface area contributed by atoms with E-state index < -0.39 is 0 Å². The summed E-state index contributed by atoms with van der Waals surface area (Å²) in [4.78, 5) is 34.8. The standard InChI is InChI=1S/C19H19N5O2/c20-7-5-18(26)23-9-1-2-13(11-23)16-10-17(24(12-25)14-3-4-14)22-19-15(16)6-8-21-19/h2,6,8,10,12,14H,1,3-5,9,11H2,(H,21,22). The molecule has 0 aromatic carbocycles. The van der Waals surface area contributed by atoms with Crippen LogP contribution in [0.4, 0.5) is 5.82 Å². The summed E-state index contributed by atoms with van der Waals surface area (Å²) in [5.74, 6) is 0.485. The zero-order chi connectivity index (χ0) is 18.1. The predicted octanol–water partition coefficient (Wildman–Crippen LogP) is 2.22. The van der Waals surface area contributed by atoms with Crippen molar-refractivity contribution < 1.29 is 9.59 Å². The zero-order valence-corrected chi connectivity index (χ0v) is 14.3. The fourth-order valence-corrected chi connectivity index (χ4v) is 3.43. The number of amides is 2. The van der Waals surface area contributed by atoms with Crippen molar-refractivity contribution in [3.05, 3.63) is 30.0 Å². The molecule has 7 nitrogen and oxygen atoms in total. The van der Waals surface area contributed by atoms with Crippen LogP contribution < -0.4 is 4.90 Å². The normalized spacial score (nSPS) is 16.9. The number of aromatic nitrogens is 2. The number of carbonyl (C=O) groups excluding carboxylic acids is 2. The van der Waals surface area contributed by atoms with E-state index >= 15 is 0 Å². The Morgan fingerprint density at radius 3 is 3.08 bits per heavy atom. The van der Waals surface area contributed by atoms with E-state index in [4.69, 9.17) is 5.26 Å². The summed E-state index contributed by atoms with van der Waals surface area (Å²) >= 11 is 0. The van der Waals surface area contributed by atoms with E-state index in [1.165, 1.54) is 0 Å². The lowest BCUT2D eigenvalue weighted by Crippen LogP contribution is -2.35. The number of aromatic amines is 1. The van der Waals surface area contributed by atoms with E-state index in [2.05, 4.69) is 16.0 Å². The molecule has 0 saturated heterocycles. The third kappa shape index (κ3) is 2.94. The molecule has 1 saturated carbocycles. The van der Waals surface area contributed by atoms with Gasteiger partial charge in [-0.05, 0) is 42.5 Å². The number of hydrogen-bond acceptors (Lipinski definition) is 4. The summed E-state index contributed by atoms with van der Waals surface area (Å²) in [7, 11) is 0. The minimum atomic E-state index is -0.148. The minimum absolute atomic E-state index is 0.102. The lowest BCUT2D eigenvalue weighted by atomic mass is 9.99. The average molecular weight is 349 g/mol. The average Bonchev–Trinajstić information content (AvgIpc) is 3.38. The van der Waals surface area contributed by atoms with Gasteiger partial charge in [0, 0.05) is 30.7 Å². The van der Waals surface area contributed by atoms with Crippen LogP contribution in [-0.4, -0.2) is 46.3 Å². The van der Waals surface area contributed by atoms with Crippen LogP contribution in [0.5, 0.6) is 0 Å². The minimum Gasteiger partial charge on any atom is -0.346 e. The van der Waals surface area contributed by atoms with Crippen LogP contribution in [0.2, 0.25) is 0 Å². The maximum absolute atomic E-state index is 12.1. The molecule has 1 aliphatic carbocycles. The van der Waals surface area contributed by atoms with E-state index in [9.17, 15) is 9.59 Å². The summed E-state index contributed by atoms with van der Waals surface area (Å²) in [5.41, 5.74) is 2.73. The van der Waals surface area contributed by atoms with E-state index in [1.807, 2.05) is 24.4 Å². The van der Waals surface area contributed by atoms with Gasteiger partial charge in [0.25, 0.3) is 0 Å². The Morgan fingerprint density at radius 1 is 1.50 bits per heavy atom. The molecule has 1 aliphatic heterocycles. The zero-order valence-electron chi connectivity index (χ0n) is 14.3. The largest absolute Gasteiger partial charge is 0.346 e. The Bertz CT molecular complexity index is 935. The van der Waals surface area contributed by atoms with Gasteiger partial charge in [-0.3, -0.25) is 14.5 Å². The van der Waals surface area contributed by atoms with E-state index in [1.54, 1.807) is 9.80 Å². The van der Waals surface area contributed by atoms with Crippen molar-refractivity contribution in [3.8, 4) is 6.07 Å². The second kappa shape index (κ2) is 6.64. The molecule has 0 radical (unpaired) electrons. The third-order valence-corrected chi connectivity index (χ3v) is 4.91. The van der Waals surface area contributed by atoms with Crippen molar-refractivity contribution in [2.45, 2.75) is 31.7 Å². The van der Waals surface area contributed by atoms with Crippen molar-refractivity contribution in [1.29, 1.82) is 5.26 Å². The first-order chi connectivity index (χ1) is 12.7. The maximum atomic E-state index is 12.1. The van der Waals surface area contributed by atoms with Crippen LogP contribution in [0.3, 0.4) is 0 Å². The van der Waals surface area contributed by atoms with Gasteiger partial charge >= 0.3 is 0 Å². The van der Waals surface area contributed by atoms with Crippen LogP contribution in [0.25, 0.3) is 16.6 Å². The van der Waals surface area contributed by atoms with E-state index in [-0.39, 0.29) is 18.4 Å². The second-order valence-electron chi connectivity index (χ2n) is 6.68. The Labute approximate surface area is 150 Å². The fourth-order valence-electron chi connectivity index (χ4n) is 3.43. The van der Waals surface area contributed by atoms with Crippen molar-refractivity contribution in [3.63, 3.8) is 0 Å². The summed E-state index contributed by atoms with van der Waals surface area (Å²) < 4.78 is 0. The highest BCUT2D eigenvalue weighted by Crippen LogP contribution is 2.34. The Hall–Kier alpha value is -3.14. The smallest absolute Gasteiger partial charge is 0.237 e. The molecule has 0 bridgehead atoms. The van der Waals surface area contributed by atoms with Crippen molar-refractivity contribution in [1.82, 2.24) is 14.9 Å². The van der Waals surface area contributed by atoms with Gasteiger partial charge in [-0.1, -0.05) is 6.08 Å². The molecule has 2 aliphatic rings. The summed E-state index contributed by atoms with van der Waals surface area (Å²) in [5, 5.41) is 9.75. The quantitative estimate of drug-likeness (QED) is 0.838. The number of nitrogens with zero attached hydrogens (tertiary/aromatic N) is 4. The fraction of sp³-hybridized carbons (Fsp3) is 0.368. The van der Waals surface area contributed by atoms with Crippen LogP contribution in [0, 0.1) is 11.3 Å². The van der Waals surface area contributed by atoms with Gasteiger partial charge in [0.05, 0.1) is 6.07 Å². The van der Waals surface area contributed by atoms with Crippen LogP contribution in [-0.2, 0) is 9.59 Å². The molecular weight excluding hydrogens is 330 g/mol. The third-order valence-electron chi connectivity index (χ3n) is 4.91. The lowest BCUT2D eigenvalue weighted by molar-refractivity contribution is -0.129. The number of pyridine rings is 1. The number of hydrogen-bond donors (Lipinski definition) is 1. The highest BCUT2D eigenvalue weighted by atomic mass is 16.2. The van der Waals surface area contributed by atoms with Gasteiger partial charge in [-0.15, -0.1) is 0 Å². The highest BCUT2D eigenvalue weighted by Gasteiger charge is 2.31. The van der Waals surface area contributed by atoms with Crippen molar-refractivity contribution in [2.24, 2.45) is 0 Å². The topological polar surface area (TPSA) is 93.1 Å². The van der Waals surface area contributed by atoms with Gasteiger partial charge < -0.3 is 9.88 Å². The number of nitrogens with one attached hydrogen (secondary N) is 1. The first-order valence-electron chi connectivity index (χ1n) is 8.77. The maximum Gasteiger partial charge on any atom is 0.237 e. The number of H-pyrrole nitrogens is 1. The van der Waals surface area contributed by atoms with Gasteiger partial charge in [-0.25, -0.2) is 4.98 Å². The van der Waals surface area contributed by atoms with Crippen molar-refractivity contribution in [2.75, 3.05) is 18.0 Å². The SMILES string of the molecule is N#CCC(=O)N1CCC=C(c2cc(N(C=O)C3CC3)nc3[nH]ccc23)C1. The van der Waals surface area contributed by atoms with Crippen molar-refractivity contribution >= 4 is 34.7 Å². The Kier molecular flexibility index (Phi) is 4.17.